The standard InChI is InChI=1S/C13H18N2O5S/c1-9-6-11(15(16)17)7-13(10(9)2)21(18,19)14-8-12-4-3-5-20-12/h6-7,12,14H,3-5,8H2,1-2H3. The fourth-order valence-electron chi connectivity index (χ4n) is 2.28. The molecule has 8 heteroatoms. The highest BCUT2D eigenvalue weighted by molar-refractivity contribution is 7.89. The van der Waals surface area contributed by atoms with Crippen LogP contribution in [-0.2, 0) is 14.8 Å². The minimum atomic E-state index is -3.79. The number of ether oxygens (including phenoxy) is 1. The molecule has 1 aliphatic rings. The van der Waals surface area contributed by atoms with E-state index < -0.39 is 14.9 Å². The smallest absolute Gasteiger partial charge is 0.271 e. The lowest BCUT2D eigenvalue weighted by molar-refractivity contribution is -0.385. The minimum absolute atomic E-state index is 0.0489. The Kier molecular flexibility index (Phi) is 4.60. The molecule has 0 amide bonds. The maximum atomic E-state index is 12.3. The third-order valence-electron chi connectivity index (χ3n) is 3.63. The Morgan fingerprint density at radius 1 is 1.43 bits per heavy atom. The van der Waals surface area contributed by atoms with E-state index in [9.17, 15) is 18.5 Å². The summed E-state index contributed by atoms with van der Waals surface area (Å²) in [7, 11) is -3.79. The second kappa shape index (κ2) is 6.08. The quantitative estimate of drug-likeness (QED) is 0.658. The predicted octanol–water partition coefficient (Wildman–Crippen LogP) is 1.67. The van der Waals surface area contributed by atoms with Gasteiger partial charge in [-0.05, 0) is 37.8 Å². The molecule has 1 aromatic carbocycles. The van der Waals surface area contributed by atoms with Crippen LogP contribution in [-0.4, -0.2) is 32.6 Å². The van der Waals surface area contributed by atoms with Crippen LogP contribution in [0.25, 0.3) is 0 Å². The molecule has 0 bridgehead atoms. The van der Waals surface area contributed by atoms with Crippen molar-refractivity contribution in [2.75, 3.05) is 13.2 Å². The molecule has 0 radical (unpaired) electrons. The molecule has 0 aliphatic carbocycles. The summed E-state index contributed by atoms with van der Waals surface area (Å²) in [6.07, 6.45) is 1.61. The molecule has 0 saturated carbocycles. The Bertz CT molecular complexity index is 651. The molecule has 1 atom stereocenters. The van der Waals surface area contributed by atoms with Gasteiger partial charge in [0.2, 0.25) is 10.0 Å². The number of aryl methyl sites for hydroxylation is 1. The van der Waals surface area contributed by atoms with Crippen molar-refractivity contribution in [1.82, 2.24) is 4.72 Å². The molecule has 1 fully saturated rings. The zero-order chi connectivity index (χ0) is 15.6. The van der Waals surface area contributed by atoms with Crippen LogP contribution >= 0.6 is 0 Å². The minimum Gasteiger partial charge on any atom is -0.377 e. The number of rotatable bonds is 5. The maximum Gasteiger partial charge on any atom is 0.271 e. The van der Waals surface area contributed by atoms with Crippen molar-refractivity contribution in [1.29, 1.82) is 0 Å². The van der Waals surface area contributed by atoms with Gasteiger partial charge in [-0.15, -0.1) is 0 Å². The van der Waals surface area contributed by atoms with Gasteiger partial charge in [0.1, 0.15) is 0 Å². The second-order valence-corrected chi connectivity index (χ2v) is 6.87. The van der Waals surface area contributed by atoms with Crippen LogP contribution in [0.3, 0.4) is 0 Å². The first-order chi connectivity index (χ1) is 9.81. The van der Waals surface area contributed by atoms with Crippen LogP contribution in [0.1, 0.15) is 24.0 Å². The van der Waals surface area contributed by atoms with Crippen LogP contribution < -0.4 is 4.72 Å². The summed E-state index contributed by atoms with van der Waals surface area (Å²) in [5, 5.41) is 10.9. The van der Waals surface area contributed by atoms with Gasteiger partial charge in [0.25, 0.3) is 5.69 Å². The molecule has 1 heterocycles. The molecule has 21 heavy (non-hydrogen) atoms. The van der Waals surface area contributed by atoms with Gasteiger partial charge >= 0.3 is 0 Å². The summed E-state index contributed by atoms with van der Waals surface area (Å²) in [6.45, 7) is 4.12. The van der Waals surface area contributed by atoms with E-state index in [1.54, 1.807) is 13.8 Å². The zero-order valence-corrected chi connectivity index (χ0v) is 12.8. The first-order valence-corrected chi connectivity index (χ1v) is 8.16. The SMILES string of the molecule is Cc1cc([N+](=O)[O-])cc(S(=O)(=O)NCC2CCCO2)c1C. The molecule has 1 saturated heterocycles. The summed E-state index contributed by atoms with van der Waals surface area (Å²) < 4.78 is 32.5. The van der Waals surface area contributed by atoms with E-state index in [0.717, 1.165) is 18.9 Å². The normalized spacial score (nSPS) is 18.9. The topological polar surface area (TPSA) is 98.5 Å². The summed E-state index contributed by atoms with van der Waals surface area (Å²) in [4.78, 5) is 10.2. The van der Waals surface area contributed by atoms with Gasteiger partial charge in [0, 0.05) is 25.3 Å². The Morgan fingerprint density at radius 2 is 2.14 bits per heavy atom. The van der Waals surface area contributed by atoms with Crippen molar-refractivity contribution in [3.05, 3.63) is 33.4 Å². The molecule has 1 aromatic rings. The van der Waals surface area contributed by atoms with E-state index in [0.29, 0.717) is 17.7 Å². The third-order valence-corrected chi connectivity index (χ3v) is 5.18. The van der Waals surface area contributed by atoms with Crippen molar-refractivity contribution in [2.24, 2.45) is 0 Å². The molecule has 1 aliphatic heterocycles. The van der Waals surface area contributed by atoms with Gasteiger partial charge in [-0.1, -0.05) is 0 Å². The number of hydrogen-bond donors (Lipinski definition) is 1. The van der Waals surface area contributed by atoms with E-state index in [1.807, 2.05) is 0 Å². The Balaban J connectivity index is 2.27. The number of nitro benzene ring substituents is 1. The van der Waals surface area contributed by atoms with Gasteiger partial charge < -0.3 is 4.74 Å². The van der Waals surface area contributed by atoms with Gasteiger partial charge in [-0.25, -0.2) is 13.1 Å². The lowest BCUT2D eigenvalue weighted by Gasteiger charge is -2.13. The lowest BCUT2D eigenvalue weighted by Crippen LogP contribution is -2.32. The van der Waals surface area contributed by atoms with Crippen LogP contribution in [0.4, 0.5) is 5.69 Å². The summed E-state index contributed by atoms with van der Waals surface area (Å²) in [5.41, 5.74) is 0.859. The Morgan fingerprint density at radius 3 is 2.71 bits per heavy atom. The molecule has 7 nitrogen and oxygen atoms in total. The highest BCUT2D eigenvalue weighted by atomic mass is 32.2. The fraction of sp³-hybridized carbons (Fsp3) is 0.538. The summed E-state index contributed by atoms with van der Waals surface area (Å²) >= 11 is 0. The molecular weight excluding hydrogens is 296 g/mol. The van der Waals surface area contributed by atoms with Crippen molar-refractivity contribution in [2.45, 2.75) is 37.7 Å². The first-order valence-electron chi connectivity index (χ1n) is 6.68. The molecule has 0 spiro atoms. The molecule has 2 rings (SSSR count). The molecular formula is C13H18N2O5S. The van der Waals surface area contributed by atoms with Crippen molar-refractivity contribution < 1.29 is 18.1 Å². The van der Waals surface area contributed by atoms with E-state index in [1.165, 1.54) is 6.07 Å². The molecule has 1 N–H and O–H groups in total. The van der Waals surface area contributed by atoms with E-state index in [4.69, 9.17) is 4.74 Å². The number of non-ortho nitro benzene ring substituents is 1. The summed E-state index contributed by atoms with van der Waals surface area (Å²) in [6, 6.07) is 2.47. The predicted molar refractivity (Wildman–Crippen MR) is 76.7 cm³/mol. The largest absolute Gasteiger partial charge is 0.377 e. The Hall–Kier alpha value is -1.51. The zero-order valence-electron chi connectivity index (χ0n) is 12.0. The monoisotopic (exact) mass is 314 g/mol. The molecule has 0 aromatic heterocycles. The van der Waals surface area contributed by atoms with Gasteiger partial charge in [0.15, 0.2) is 0 Å². The van der Waals surface area contributed by atoms with Crippen molar-refractivity contribution in [3.8, 4) is 0 Å². The highest BCUT2D eigenvalue weighted by Gasteiger charge is 2.24. The van der Waals surface area contributed by atoms with E-state index in [-0.39, 0.29) is 23.2 Å². The van der Waals surface area contributed by atoms with Crippen molar-refractivity contribution in [3.63, 3.8) is 0 Å². The van der Waals surface area contributed by atoms with E-state index in [2.05, 4.69) is 4.72 Å². The second-order valence-electron chi connectivity index (χ2n) is 5.13. The number of hydrogen-bond acceptors (Lipinski definition) is 5. The average Bonchev–Trinajstić information content (AvgIpc) is 2.92. The average molecular weight is 314 g/mol. The third kappa shape index (κ3) is 3.58. The first kappa shape index (κ1) is 15.9. The lowest BCUT2D eigenvalue weighted by atomic mass is 10.1. The maximum absolute atomic E-state index is 12.3. The number of benzene rings is 1. The number of nitrogens with one attached hydrogen (secondary N) is 1. The van der Waals surface area contributed by atoms with E-state index >= 15 is 0 Å². The van der Waals surface area contributed by atoms with Crippen LogP contribution in [0.5, 0.6) is 0 Å². The summed E-state index contributed by atoms with van der Waals surface area (Å²) in [5.74, 6) is 0. The van der Waals surface area contributed by atoms with Crippen molar-refractivity contribution >= 4 is 15.7 Å². The van der Waals surface area contributed by atoms with Crippen LogP contribution in [0, 0.1) is 24.0 Å². The number of nitrogens with zero attached hydrogens (tertiary/aromatic N) is 1. The van der Waals surface area contributed by atoms with Crippen LogP contribution in [0.15, 0.2) is 17.0 Å². The van der Waals surface area contributed by atoms with Gasteiger partial charge in [0.05, 0.1) is 15.9 Å². The van der Waals surface area contributed by atoms with Gasteiger partial charge in [-0.2, -0.15) is 0 Å². The highest BCUT2D eigenvalue weighted by Crippen LogP contribution is 2.25. The molecule has 116 valence electrons. The van der Waals surface area contributed by atoms with Crippen LogP contribution in [0.2, 0.25) is 0 Å². The Labute approximate surface area is 123 Å². The number of sulfonamides is 1. The van der Waals surface area contributed by atoms with Gasteiger partial charge in [-0.3, -0.25) is 10.1 Å². The molecule has 1 unspecified atom stereocenters. The fourth-order valence-corrected chi connectivity index (χ4v) is 3.68. The number of nitro groups is 1.